The minimum atomic E-state index is 0. The minimum absolute atomic E-state index is 0. The highest BCUT2D eigenvalue weighted by atomic mass is 127. The molecule has 0 atom stereocenters. The second-order valence-corrected chi connectivity index (χ2v) is 9.44. The summed E-state index contributed by atoms with van der Waals surface area (Å²) in [6.07, 6.45) is 1.07. The molecule has 5 aromatic rings. The maximum absolute atomic E-state index is 2.50. The Morgan fingerprint density at radius 2 is 1.24 bits per heavy atom. The highest BCUT2D eigenvalue weighted by molar-refractivity contribution is 6.10. The SMILES string of the molecule is Cc1n(CCCn2c3ccc(N(C)C)cc3c3cc(N(C)C)ccc32)c2ccccc2[n+]1C.[I-]. The molecule has 0 aliphatic heterocycles. The van der Waals surface area contributed by atoms with E-state index in [-0.39, 0.29) is 24.0 Å². The van der Waals surface area contributed by atoms with Crippen LogP contribution in [0.5, 0.6) is 0 Å². The van der Waals surface area contributed by atoms with E-state index < -0.39 is 0 Å². The Morgan fingerprint density at radius 1 is 0.706 bits per heavy atom. The van der Waals surface area contributed by atoms with E-state index in [2.05, 4.69) is 126 Å². The van der Waals surface area contributed by atoms with E-state index in [1.54, 1.807) is 0 Å². The molecule has 2 aromatic heterocycles. The number of aromatic nitrogens is 3. The zero-order chi connectivity index (χ0) is 23.3. The Bertz CT molecular complexity index is 1410. The van der Waals surface area contributed by atoms with Gasteiger partial charge < -0.3 is 38.3 Å². The van der Waals surface area contributed by atoms with E-state index in [0.717, 1.165) is 19.5 Å². The van der Waals surface area contributed by atoms with Crippen molar-refractivity contribution < 1.29 is 28.5 Å². The van der Waals surface area contributed by atoms with Crippen molar-refractivity contribution in [3.8, 4) is 0 Å². The number of hydrogen-bond donors (Lipinski definition) is 0. The Labute approximate surface area is 219 Å². The summed E-state index contributed by atoms with van der Waals surface area (Å²) in [7, 11) is 10.6. The first-order valence-electron chi connectivity index (χ1n) is 11.7. The fraction of sp³-hybridized carbons (Fsp3) is 0.321. The van der Waals surface area contributed by atoms with Crippen LogP contribution in [0.4, 0.5) is 11.4 Å². The van der Waals surface area contributed by atoms with Gasteiger partial charge in [-0.2, -0.15) is 0 Å². The summed E-state index contributed by atoms with van der Waals surface area (Å²) < 4.78 is 7.25. The first kappa shape index (κ1) is 24.4. The van der Waals surface area contributed by atoms with Crippen LogP contribution < -0.4 is 38.3 Å². The van der Waals surface area contributed by atoms with Crippen molar-refractivity contribution in [3.05, 3.63) is 66.5 Å². The zero-order valence-electron chi connectivity index (χ0n) is 21.0. The largest absolute Gasteiger partial charge is 1.00 e. The molecule has 0 radical (unpaired) electrons. The van der Waals surface area contributed by atoms with Crippen molar-refractivity contribution in [2.45, 2.75) is 26.4 Å². The fourth-order valence-electron chi connectivity index (χ4n) is 5.05. The summed E-state index contributed by atoms with van der Waals surface area (Å²) in [5.74, 6) is 1.30. The smallest absolute Gasteiger partial charge is 0.253 e. The summed E-state index contributed by atoms with van der Waals surface area (Å²) in [6.45, 7) is 4.20. The number of halogens is 1. The molecule has 0 aliphatic carbocycles. The van der Waals surface area contributed by atoms with Gasteiger partial charge in [-0.05, 0) is 48.5 Å². The summed E-state index contributed by atoms with van der Waals surface area (Å²) in [6, 6.07) is 22.4. The molecule has 0 bridgehead atoms. The van der Waals surface area contributed by atoms with Crippen LogP contribution in [0.3, 0.4) is 0 Å². The highest BCUT2D eigenvalue weighted by Crippen LogP contribution is 2.34. The van der Waals surface area contributed by atoms with Gasteiger partial charge in [0.05, 0.1) is 13.6 Å². The Hall–Kier alpha value is -2.74. The molecule has 5 rings (SSSR count). The van der Waals surface area contributed by atoms with E-state index in [1.807, 2.05) is 0 Å². The standard InChI is InChI=1S/C28H34N5.HI/c1-20-31(6)27-10-7-8-11-28(27)32(20)16-9-17-33-25-14-12-21(29(2)3)18-23(25)24-19-22(30(4)5)13-15-26(24)33;/h7-8,10-15,18-19H,9,16-17H2,1-6H3;1H/q+1;/p-1. The van der Waals surface area contributed by atoms with Gasteiger partial charge in [0.2, 0.25) is 0 Å². The van der Waals surface area contributed by atoms with E-state index in [0.29, 0.717) is 0 Å². The molecule has 2 heterocycles. The predicted molar refractivity (Wildman–Crippen MR) is 141 cm³/mol. The summed E-state index contributed by atoms with van der Waals surface area (Å²) in [5, 5.41) is 2.66. The van der Waals surface area contributed by atoms with Crippen LogP contribution in [-0.4, -0.2) is 37.3 Å². The molecule has 3 aromatic carbocycles. The molecule has 0 spiro atoms. The molecular weight excluding hydrogens is 533 g/mol. The Balaban J connectivity index is 0.00000274. The van der Waals surface area contributed by atoms with Gasteiger partial charge in [-0.1, -0.05) is 12.1 Å². The predicted octanol–water partition coefficient (Wildman–Crippen LogP) is 2.11. The maximum Gasteiger partial charge on any atom is 0.253 e. The van der Waals surface area contributed by atoms with Gasteiger partial charge >= 0.3 is 0 Å². The molecule has 34 heavy (non-hydrogen) atoms. The van der Waals surface area contributed by atoms with E-state index in [1.165, 1.54) is 50.0 Å². The molecule has 0 unspecified atom stereocenters. The minimum Gasteiger partial charge on any atom is -1.00 e. The average molecular weight is 568 g/mol. The third-order valence-corrected chi connectivity index (χ3v) is 7.04. The number of aryl methyl sites for hydroxylation is 3. The lowest BCUT2D eigenvalue weighted by Crippen LogP contribution is -3.00. The van der Waals surface area contributed by atoms with Gasteiger partial charge in [0.15, 0.2) is 11.0 Å². The summed E-state index contributed by atoms with van der Waals surface area (Å²) in [4.78, 5) is 4.36. The van der Waals surface area contributed by atoms with Crippen LogP contribution in [0.2, 0.25) is 0 Å². The second-order valence-electron chi connectivity index (χ2n) is 9.44. The topological polar surface area (TPSA) is 20.2 Å². The number of benzene rings is 3. The number of nitrogens with zero attached hydrogens (tertiary/aromatic N) is 5. The molecule has 6 heteroatoms. The van der Waals surface area contributed by atoms with Crippen LogP contribution in [-0.2, 0) is 20.1 Å². The van der Waals surface area contributed by atoms with Crippen LogP contribution in [0.25, 0.3) is 32.8 Å². The lowest BCUT2D eigenvalue weighted by Gasteiger charge is -2.13. The van der Waals surface area contributed by atoms with Crippen molar-refractivity contribution in [3.63, 3.8) is 0 Å². The molecule has 5 nitrogen and oxygen atoms in total. The van der Waals surface area contributed by atoms with Gasteiger partial charge in [0.1, 0.15) is 0 Å². The van der Waals surface area contributed by atoms with Gasteiger partial charge in [0.25, 0.3) is 5.82 Å². The molecule has 0 aliphatic rings. The summed E-state index contributed by atoms with van der Waals surface area (Å²) in [5.41, 5.74) is 7.69. The van der Waals surface area contributed by atoms with Crippen LogP contribution in [0, 0.1) is 6.92 Å². The number of anilines is 2. The lowest BCUT2D eigenvalue weighted by atomic mass is 10.1. The Morgan fingerprint density at radius 3 is 1.79 bits per heavy atom. The number of rotatable bonds is 6. The first-order valence-corrected chi connectivity index (χ1v) is 11.7. The Kier molecular flexibility index (Phi) is 6.80. The third-order valence-electron chi connectivity index (χ3n) is 7.04. The zero-order valence-corrected chi connectivity index (χ0v) is 23.2. The molecular formula is C28H34IN5. The quantitative estimate of drug-likeness (QED) is 0.232. The molecule has 0 saturated carbocycles. The van der Waals surface area contributed by atoms with Crippen LogP contribution in [0.15, 0.2) is 60.7 Å². The van der Waals surface area contributed by atoms with Crippen molar-refractivity contribution in [1.82, 2.24) is 9.13 Å². The van der Waals surface area contributed by atoms with Gasteiger partial charge in [-0.25, -0.2) is 9.13 Å². The van der Waals surface area contributed by atoms with Crippen LogP contribution in [0.1, 0.15) is 12.2 Å². The van der Waals surface area contributed by atoms with Crippen molar-refractivity contribution in [2.24, 2.45) is 7.05 Å². The number of hydrogen-bond acceptors (Lipinski definition) is 2. The van der Waals surface area contributed by atoms with Crippen molar-refractivity contribution >= 4 is 44.2 Å². The monoisotopic (exact) mass is 567 g/mol. The van der Waals surface area contributed by atoms with Crippen molar-refractivity contribution in [1.29, 1.82) is 0 Å². The maximum atomic E-state index is 2.50. The molecule has 0 fully saturated rings. The van der Waals surface area contributed by atoms with Gasteiger partial charge in [0, 0.05) is 81.3 Å². The van der Waals surface area contributed by atoms with Crippen LogP contribution >= 0.6 is 0 Å². The normalized spacial score (nSPS) is 11.4. The van der Waals surface area contributed by atoms with E-state index in [4.69, 9.17) is 0 Å². The van der Waals surface area contributed by atoms with Gasteiger partial charge in [-0.15, -0.1) is 0 Å². The molecule has 0 N–H and O–H groups in total. The second kappa shape index (κ2) is 9.49. The highest BCUT2D eigenvalue weighted by Gasteiger charge is 2.19. The number of fused-ring (bicyclic) bond motifs is 4. The molecule has 0 amide bonds. The summed E-state index contributed by atoms with van der Waals surface area (Å²) >= 11 is 0. The first-order chi connectivity index (χ1) is 15.9. The lowest BCUT2D eigenvalue weighted by molar-refractivity contribution is -0.652. The number of imidazole rings is 1. The van der Waals surface area contributed by atoms with Crippen molar-refractivity contribution in [2.75, 3.05) is 38.0 Å². The fourth-order valence-corrected chi connectivity index (χ4v) is 5.05. The van der Waals surface area contributed by atoms with E-state index in [9.17, 15) is 0 Å². The van der Waals surface area contributed by atoms with Gasteiger partial charge in [-0.3, -0.25) is 0 Å². The average Bonchev–Trinajstić information content (AvgIpc) is 3.25. The van der Waals surface area contributed by atoms with E-state index >= 15 is 0 Å². The molecule has 178 valence electrons. The third kappa shape index (κ3) is 4.02. The molecule has 0 saturated heterocycles. The number of para-hydroxylation sites is 2.